The lowest BCUT2D eigenvalue weighted by Gasteiger charge is -2.22. The minimum atomic E-state index is -0.453. The van der Waals surface area contributed by atoms with Crippen LogP contribution >= 0.6 is 15.9 Å². The monoisotopic (exact) mass is 313 g/mol. The highest BCUT2D eigenvalue weighted by Gasteiger charge is 2.27. The van der Waals surface area contributed by atoms with Gasteiger partial charge in [0.25, 0.3) is 5.91 Å². The summed E-state index contributed by atoms with van der Waals surface area (Å²) >= 11 is 3.20. The van der Waals surface area contributed by atoms with Gasteiger partial charge in [0.15, 0.2) is 0 Å². The molecule has 0 saturated heterocycles. The van der Waals surface area contributed by atoms with Crippen molar-refractivity contribution in [3.8, 4) is 0 Å². The number of hydrogen-bond donors (Lipinski definition) is 0. The molecule has 18 heavy (non-hydrogen) atoms. The van der Waals surface area contributed by atoms with Gasteiger partial charge in [0.05, 0.1) is 5.56 Å². The van der Waals surface area contributed by atoms with Gasteiger partial charge in [-0.2, -0.15) is 0 Å². The van der Waals surface area contributed by atoms with Crippen LogP contribution in [0.25, 0.3) is 0 Å². The quantitative estimate of drug-likeness (QED) is 0.808. The molecular weight excluding hydrogens is 297 g/mol. The summed E-state index contributed by atoms with van der Waals surface area (Å²) in [5.74, 6) is -0.0148. The number of hydrogen-bond acceptors (Lipinski definition) is 1. The van der Waals surface area contributed by atoms with Gasteiger partial charge in [-0.15, -0.1) is 0 Å². The standard InChI is InChI=1S/C14H17BrFNO/c1-2-7-17(9-10-3-4-10)14(18)12-6-5-11(15)8-13(12)16/h5-6,8,10H,2-4,7,9H2,1H3. The van der Waals surface area contributed by atoms with Crippen LogP contribution in [-0.4, -0.2) is 23.9 Å². The molecule has 0 radical (unpaired) electrons. The van der Waals surface area contributed by atoms with Crippen molar-refractivity contribution in [3.05, 3.63) is 34.1 Å². The number of carbonyl (C=O) groups is 1. The van der Waals surface area contributed by atoms with E-state index in [0.29, 0.717) is 16.9 Å². The van der Waals surface area contributed by atoms with E-state index in [1.807, 2.05) is 6.92 Å². The molecule has 0 aromatic heterocycles. The van der Waals surface area contributed by atoms with Gasteiger partial charge >= 0.3 is 0 Å². The summed E-state index contributed by atoms with van der Waals surface area (Å²) in [6.45, 7) is 3.50. The molecule has 1 aromatic carbocycles. The van der Waals surface area contributed by atoms with Gasteiger partial charge < -0.3 is 4.90 Å². The molecule has 1 aromatic rings. The number of carbonyl (C=O) groups excluding carboxylic acids is 1. The molecule has 0 N–H and O–H groups in total. The summed E-state index contributed by atoms with van der Waals surface area (Å²) in [5, 5.41) is 0. The number of amides is 1. The lowest BCUT2D eigenvalue weighted by Crippen LogP contribution is -2.34. The largest absolute Gasteiger partial charge is 0.338 e. The molecule has 2 rings (SSSR count). The van der Waals surface area contributed by atoms with Gasteiger partial charge in [0.1, 0.15) is 5.82 Å². The van der Waals surface area contributed by atoms with Crippen molar-refractivity contribution in [2.45, 2.75) is 26.2 Å². The molecule has 1 amide bonds. The van der Waals surface area contributed by atoms with E-state index in [1.165, 1.54) is 18.9 Å². The zero-order valence-electron chi connectivity index (χ0n) is 10.5. The first-order valence-corrected chi connectivity index (χ1v) is 7.15. The average Bonchev–Trinajstić information content (AvgIpc) is 3.11. The Kier molecular flexibility index (Phi) is 4.38. The van der Waals surface area contributed by atoms with Gasteiger partial charge in [-0.25, -0.2) is 4.39 Å². The van der Waals surface area contributed by atoms with Gasteiger partial charge in [0, 0.05) is 17.6 Å². The third-order valence-electron chi connectivity index (χ3n) is 3.12. The fraction of sp³-hybridized carbons (Fsp3) is 0.500. The van der Waals surface area contributed by atoms with E-state index in [0.717, 1.165) is 13.0 Å². The molecule has 1 saturated carbocycles. The number of rotatable bonds is 5. The maximum atomic E-state index is 13.8. The minimum absolute atomic E-state index is 0.173. The molecule has 0 unspecified atom stereocenters. The molecule has 0 aliphatic heterocycles. The van der Waals surface area contributed by atoms with E-state index in [2.05, 4.69) is 15.9 Å². The number of nitrogens with zero attached hydrogens (tertiary/aromatic N) is 1. The van der Waals surface area contributed by atoms with Crippen molar-refractivity contribution < 1.29 is 9.18 Å². The highest BCUT2D eigenvalue weighted by molar-refractivity contribution is 9.10. The Morgan fingerprint density at radius 1 is 1.50 bits per heavy atom. The maximum absolute atomic E-state index is 13.8. The summed E-state index contributed by atoms with van der Waals surface area (Å²) < 4.78 is 14.4. The number of benzene rings is 1. The smallest absolute Gasteiger partial charge is 0.256 e. The van der Waals surface area contributed by atoms with Crippen LogP contribution in [0.3, 0.4) is 0 Å². The van der Waals surface area contributed by atoms with Crippen molar-refractivity contribution in [1.29, 1.82) is 0 Å². The molecule has 1 aliphatic rings. The molecule has 0 heterocycles. The molecule has 0 bridgehead atoms. The molecule has 98 valence electrons. The van der Waals surface area contributed by atoms with E-state index in [4.69, 9.17) is 0 Å². The topological polar surface area (TPSA) is 20.3 Å². The zero-order valence-corrected chi connectivity index (χ0v) is 12.0. The van der Waals surface area contributed by atoms with E-state index in [1.54, 1.807) is 17.0 Å². The van der Waals surface area contributed by atoms with Crippen LogP contribution in [0.2, 0.25) is 0 Å². The molecule has 1 aliphatic carbocycles. The Morgan fingerprint density at radius 3 is 2.78 bits per heavy atom. The molecule has 2 nitrogen and oxygen atoms in total. The van der Waals surface area contributed by atoms with Gasteiger partial charge in [-0.1, -0.05) is 22.9 Å². The van der Waals surface area contributed by atoms with Crippen molar-refractivity contribution in [2.75, 3.05) is 13.1 Å². The maximum Gasteiger partial charge on any atom is 0.256 e. The Hall–Kier alpha value is -0.900. The van der Waals surface area contributed by atoms with Gasteiger partial charge in [-0.05, 0) is 43.4 Å². The van der Waals surface area contributed by atoms with E-state index < -0.39 is 5.82 Å². The van der Waals surface area contributed by atoms with Gasteiger partial charge in [0.2, 0.25) is 0 Å². The fourth-order valence-electron chi connectivity index (χ4n) is 1.99. The van der Waals surface area contributed by atoms with Crippen LogP contribution in [0.1, 0.15) is 36.5 Å². The Balaban J connectivity index is 2.15. The Labute approximate surface area is 115 Å². The second-order valence-corrected chi connectivity index (χ2v) is 5.73. The van der Waals surface area contributed by atoms with Crippen molar-refractivity contribution in [2.24, 2.45) is 5.92 Å². The van der Waals surface area contributed by atoms with Crippen LogP contribution < -0.4 is 0 Å². The van der Waals surface area contributed by atoms with Crippen LogP contribution in [-0.2, 0) is 0 Å². The van der Waals surface area contributed by atoms with Crippen molar-refractivity contribution in [1.82, 2.24) is 4.90 Å². The fourth-order valence-corrected chi connectivity index (χ4v) is 2.32. The second kappa shape index (κ2) is 5.83. The molecule has 0 spiro atoms. The summed E-state index contributed by atoms with van der Waals surface area (Å²) in [4.78, 5) is 14.1. The normalized spacial score (nSPS) is 14.6. The van der Waals surface area contributed by atoms with Crippen LogP contribution in [0, 0.1) is 11.7 Å². The average molecular weight is 314 g/mol. The van der Waals surface area contributed by atoms with E-state index in [-0.39, 0.29) is 11.5 Å². The number of halogens is 2. The Bertz CT molecular complexity index is 445. The van der Waals surface area contributed by atoms with Gasteiger partial charge in [-0.3, -0.25) is 4.79 Å². The molecule has 0 atom stereocenters. The highest BCUT2D eigenvalue weighted by atomic mass is 79.9. The SMILES string of the molecule is CCCN(CC1CC1)C(=O)c1ccc(Br)cc1F. The third kappa shape index (κ3) is 3.31. The highest BCUT2D eigenvalue weighted by Crippen LogP contribution is 2.30. The predicted octanol–water partition coefficient (Wildman–Crippen LogP) is 3.85. The predicted molar refractivity (Wildman–Crippen MR) is 73.0 cm³/mol. The summed E-state index contributed by atoms with van der Waals surface area (Å²) in [6, 6.07) is 4.60. The lowest BCUT2D eigenvalue weighted by molar-refractivity contribution is 0.0743. The molecule has 1 fully saturated rings. The van der Waals surface area contributed by atoms with E-state index >= 15 is 0 Å². The zero-order chi connectivity index (χ0) is 13.1. The van der Waals surface area contributed by atoms with Crippen LogP contribution in [0.4, 0.5) is 4.39 Å². The third-order valence-corrected chi connectivity index (χ3v) is 3.61. The summed E-state index contributed by atoms with van der Waals surface area (Å²) in [7, 11) is 0. The molecule has 4 heteroatoms. The summed E-state index contributed by atoms with van der Waals surface area (Å²) in [6.07, 6.45) is 3.28. The van der Waals surface area contributed by atoms with Crippen LogP contribution in [0.15, 0.2) is 22.7 Å². The first-order valence-electron chi connectivity index (χ1n) is 6.36. The Morgan fingerprint density at radius 2 is 2.22 bits per heavy atom. The lowest BCUT2D eigenvalue weighted by atomic mass is 10.1. The van der Waals surface area contributed by atoms with E-state index in [9.17, 15) is 9.18 Å². The second-order valence-electron chi connectivity index (χ2n) is 4.82. The van der Waals surface area contributed by atoms with Crippen LogP contribution in [0.5, 0.6) is 0 Å². The first kappa shape index (κ1) is 13.5. The van der Waals surface area contributed by atoms with Crippen molar-refractivity contribution >= 4 is 21.8 Å². The van der Waals surface area contributed by atoms with Crippen molar-refractivity contribution in [3.63, 3.8) is 0 Å². The minimum Gasteiger partial charge on any atom is -0.338 e. The molecular formula is C14H17BrFNO. The summed E-state index contributed by atoms with van der Waals surface area (Å²) in [5.41, 5.74) is 0.173. The first-order chi connectivity index (χ1) is 8.61.